The monoisotopic (exact) mass is 236 g/mol. The number of nitrogens with two attached hydrogens (primary N) is 1. The van der Waals surface area contributed by atoms with Crippen molar-refractivity contribution in [2.24, 2.45) is 0 Å². The maximum absolute atomic E-state index is 11.1. The lowest BCUT2D eigenvalue weighted by Crippen LogP contribution is -2.17. The third-order valence-electron chi connectivity index (χ3n) is 2.50. The average Bonchev–Trinajstić information content (AvgIpc) is 2.74. The third kappa shape index (κ3) is 3.10. The molecule has 1 heterocycles. The number of hydrogen-bond donors (Lipinski definition) is 2. The summed E-state index contributed by atoms with van der Waals surface area (Å²) in [6, 6.07) is 5.18. The second-order valence-electron chi connectivity index (χ2n) is 4.04. The van der Waals surface area contributed by atoms with E-state index in [4.69, 9.17) is 15.2 Å². The number of amides is 1. The van der Waals surface area contributed by atoms with Gasteiger partial charge in [0.2, 0.25) is 5.91 Å². The first-order valence-corrected chi connectivity index (χ1v) is 5.56. The number of rotatable bonds is 3. The highest BCUT2D eigenvalue weighted by Crippen LogP contribution is 2.29. The molecule has 17 heavy (non-hydrogen) atoms. The Balaban J connectivity index is 2.16. The molecule has 0 aromatic heterocycles. The van der Waals surface area contributed by atoms with Crippen LogP contribution in [0, 0.1) is 0 Å². The van der Waals surface area contributed by atoms with Crippen LogP contribution in [0.3, 0.4) is 0 Å². The number of hydrogen-bond acceptors (Lipinski definition) is 4. The minimum Gasteiger partial charge on any atom is -0.486 e. The molecule has 1 aromatic carbocycles. The minimum absolute atomic E-state index is 0.0318. The number of carbonyl (C=O) groups excluding carboxylic acids is 1. The van der Waals surface area contributed by atoms with Gasteiger partial charge < -0.3 is 20.5 Å². The van der Waals surface area contributed by atoms with Crippen LogP contribution in [0.5, 0.6) is 5.75 Å². The van der Waals surface area contributed by atoms with E-state index in [1.54, 1.807) is 18.2 Å². The van der Waals surface area contributed by atoms with E-state index < -0.39 is 0 Å². The fraction of sp³-hybridized carbons (Fsp3) is 0.417. The van der Waals surface area contributed by atoms with Crippen LogP contribution in [0.2, 0.25) is 0 Å². The van der Waals surface area contributed by atoms with Gasteiger partial charge in [-0.2, -0.15) is 0 Å². The number of carbonyl (C=O) groups is 1. The van der Waals surface area contributed by atoms with Gasteiger partial charge in [-0.3, -0.25) is 4.79 Å². The van der Waals surface area contributed by atoms with Gasteiger partial charge in [0.05, 0.1) is 18.9 Å². The summed E-state index contributed by atoms with van der Waals surface area (Å²) in [4.78, 5) is 11.1. The molecule has 0 saturated carbocycles. The van der Waals surface area contributed by atoms with Gasteiger partial charge in [0.25, 0.3) is 0 Å². The summed E-state index contributed by atoms with van der Waals surface area (Å²) in [5.74, 6) is 0.456. The molecule has 0 unspecified atom stereocenters. The van der Waals surface area contributed by atoms with E-state index in [1.165, 1.54) is 6.92 Å². The number of ether oxygens (including phenoxy) is 2. The van der Waals surface area contributed by atoms with E-state index in [-0.39, 0.29) is 12.0 Å². The van der Waals surface area contributed by atoms with Crippen LogP contribution >= 0.6 is 0 Å². The molecule has 1 aliphatic rings. The summed E-state index contributed by atoms with van der Waals surface area (Å²) >= 11 is 0. The summed E-state index contributed by atoms with van der Waals surface area (Å²) in [6.07, 6.45) is 0.887. The lowest BCUT2D eigenvalue weighted by atomic mass is 10.2. The molecular weight excluding hydrogens is 220 g/mol. The third-order valence-corrected chi connectivity index (χ3v) is 2.50. The highest BCUT2D eigenvalue weighted by atomic mass is 16.5. The van der Waals surface area contributed by atoms with E-state index >= 15 is 0 Å². The number of nitrogens with one attached hydrogen (secondary N) is 1. The zero-order chi connectivity index (χ0) is 12.3. The minimum atomic E-state index is -0.137. The average molecular weight is 236 g/mol. The molecule has 1 aromatic rings. The Labute approximate surface area is 99.9 Å². The van der Waals surface area contributed by atoms with Gasteiger partial charge in [0.1, 0.15) is 11.9 Å². The number of anilines is 2. The number of nitrogen functional groups attached to an aromatic ring is 1. The van der Waals surface area contributed by atoms with Gasteiger partial charge in [-0.25, -0.2) is 0 Å². The SMILES string of the molecule is CC(=O)Nc1ccc(N)cc1O[C@@H]1CCOC1. The van der Waals surface area contributed by atoms with Gasteiger partial charge in [-0.1, -0.05) is 0 Å². The first kappa shape index (κ1) is 11.7. The maximum atomic E-state index is 11.1. The highest BCUT2D eigenvalue weighted by Gasteiger charge is 2.19. The zero-order valence-electron chi connectivity index (χ0n) is 9.73. The Morgan fingerprint density at radius 1 is 1.59 bits per heavy atom. The summed E-state index contributed by atoms with van der Waals surface area (Å²) < 4.78 is 11.0. The molecule has 0 bridgehead atoms. The predicted molar refractivity (Wildman–Crippen MR) is 65.0 cm³/mol. The molecule has 3 N–H and O–H groups in total. The molecule has 5 heteroatoms. The van der Waals surface area contributed by atoms with Crippen molar-refractivity contribution in [1.82, 2.24) is 0 Å². The van der Waals surface area contributed by atoms with E-state index in [9.17, 15) is 4.79 Å². The van der Waals surface area contributed by atoms with Crippen molar-refractivity contribution in [3.8, 4) is 5.75 Å². The van der Waals surface area contributed by atoms with E-state index in [0.717, 1.165) is 6.42 Å². The molecular formula is C12H16N2O3. The fourth-order valence-electron chi connectivity index (χ4n) is 1.71. The van der Waals surface area contributed by atoms with E-state index in [0.29, 0.717) is 30.3 Å². The molecule has 2 rings (SSSR count). The van der Waals surface area contributed by atoms with Crippen LogP contribution < -0.4 is 15.8 Å². The lowest BCUT2D eigenvalue weighted by Gasteiger charge is -2.16. The molecule has 1 saturated heterocycles. The van der Waals surface area contributed by atoms with Crippen molar-refractivity contribution in [2.45, 2.75) is 19.4 Å². The molecule has 0 aliphatic carbocycles. The molecule has 1 fully saturated rings. The molecule has 5 nitrogen and oxygen atoms in total. The van der Waals surface area contributed by atoms with Crippen molar-refractivity contribution in [1.29, 1.82) is 0 Å². The molecule has 92 valence electrons. The maximum Gasteiger partial charge on any atom is 0.221 e. The molecule has 1 amide bonds. The standard InChI is InChI=1S/C12H16N2O3/c1-8(15)14-11-3-2-9(13)6-12(11)17-10-4-5-16-7-10/h2-3,6,10H,4-5,7,13H2,1H3,(H,14,15)/t10-/m1/s1. The summed E-state index contributed by atoms with van der Waals surface area (Å²) in [5, 5.41) is 2.71. The highest BCUT2D eigenvalue weighted by molar-refractivity contribution is 5.90. The Morgan fingerprint density at radius 3 is 3.06 bits per heavy atom. The first-order valence-electron chi connectivity index (χ1n) is 5.56. The van der Waals surface area contributed by atoms with Crippen LogP contribution in [0.1, 0.15) is 13.3 Å². The largest absolute Gasteiger partial charge is 0.486 e. The van der Waals surface area contributed by atoms with Gasteiger partial charge in [-0.05, 0) is 12.1 Å². The van der Waals surface area contributed by atoms with Crippen LogP contribution in [0.15, 0.2) is 18.2 Å². The fourth-order valence-corrected chi connectivity index (χ4v) is 1.71. The Bertz CT molecular complexity index is 414. The molecule has 0 spiro atoms. The zero-order valence-corrected chi connectivity index (χ0v) is 9.73. The first-order chi connectivity index (χ1) is 8.15. The van der Waals surface area contributed by atoms with Crippen molar-refractivity contribution < 1.29 is 14.3 Å². The second kappa shape index (κ2) is 5.05. The van der Waals surface area contributed by atoms with Crippen LogP contribution in [0.4, 0.5) is 11.4 Å². The van der Waals surface area contributed by atoms with Gasteiger partial charge in [0, 0.05) is 25.1 Å². The summed E-state index contributed by atoms with van der Waals surface area (Å²) in [6.45, 7) is 2.75. The van der Waals surface area contributed by atoms with Crippen LogP contribution in [-0.2, 0) is 9.53 Å². The summed E-state index contributed by atoms with van der Waals surface area (Å²) in [7, 11) is 0. The van der Waals surface area contributed by atoms with Crippen molar-refractivity contribution in [2.75, 3.05) is 24.3 Å². The normalized spacial score (nSPS) is 19.0. The van der Waals surface area contributed by atoms with E-state index in [1.807, 2.05) is 0 Å². The number of benzene rings is 1. The quantitative estimate of drug-likeness (QED) is 0.778. The van der Waals surface area contributed by atoms with Crippen molar-refractivity contribution >= 4 is 17.3 Å². The Morgan fingerprint density at radius 2 is 2.41 bits per heavy atom. The Kier molecular flexibility index (Phi) is 3.49. The lowest BCUT2D eigenvalue weighted by molar-refractivity contribution is -0.114. The van der Waals surface area contributed by atoms with Crippen LogP contribution in [-0.4, -0.2) is 25.2 Å². The van der Waals surface area contributed by atoms with E-state index in [2.05, 4.69) is 5.32 Å². The molecule has 1 atom stereocenters. The van der Waals surface area contributed by atoms with Gasteiger partial charge in [-0.15, -0.1) is 0 Å². The summed E-state index contributed by atoms with van der Waals surface area (Å²) in [5.41, 5.74) is 6.95. The Hall–Kier alpha value is -1.75. The predicted octanol–water partition coefficient (Wildman–Crippen LogP) is 1.39. The van der Waals surface area contributed by atoms with Crippen LogP contribution in [0.25, 0.3) is 0 Å². The topological polar surface area (TPSA) is 73.6 Å². The van der Waals surface area contributed by atoms with Crippen molar-refractivity contribution in [3.63, 3.8) is 0 Å². The second-order valence-corrected chi connectivity index (χ2v) is 4.04. The van der Waals surface area contributed by atoms with Crippen molar-refractivity contribution in [3.05, 3.63) is 18.2 Å². The molecule has 0 radical (unpaired) electrons. The smallest absolute Gasteiger partial charge is 0.221 e. The molecule has 1 aliphatic heterocycles. The van der Waals surface area contributed by atoms with Gasteiger partial charge in [0.15, 0.2) is 0 Å². The van der Waals surface area contributed by atoms with Gasteiger partial charge >= 0.3 is 0 Å².